The van der Waals surface area contributed by atoms with Crippen molar-refractivity contribution in [1.29, 1.82) is 0 Å². The molecular weight excluding hydrogens is 334 g/mol. The van der Waals surface area contributed by atoms with Gasteiger partial charge in [0.15, 0.2) is 6.10 Å². The predicted octanol–water partition coefficient (Wildman–Crippen LogP) is 1.51. The number of aromatic nitrogens is 2. The van der Waals surface area contributed by atoms with Crippen LogP contribution in [0, 0.1) is 0 Å². The van der Waals surface area contributed by atoms with Crippen molar-refractivity contribution in [2.75, 3.05) is 13.1 Å². The van der Waals surface area contributed by atoms with E-state index in [4.69, 9.17) is 4.74 Å². The van der Waals surface area contributed by atoms with Gasteiger partial charge in [-0.25, -0.2) is 9.78 Å². The topological polar surface area (TPSA) is 81.5 Å². The lowest BCUT2D eigenvalue weighted by Gasteiger charge is -2.20. The van der Waals surface area contributed by atoms with Crippen LogP contribution in [0.5, 0.6) is 0 Å². The lowest BCUT2D eigenvalue weighted by Crippen LogP contribution is -2.38. The number of fused-ring (bicyclic) bond motifs is 2. The van der Waals surface area contributed by atoms with E-state index in [1.54, 1.807) is 34.6 Å². The Balaban J connectivity index is 1.56. The molecule has 7 nitrogen and oxygen atoms in total. The number of benzene rings is 1. The molecule has 1 saturated heterocycles. The summed E-state index contributed by atoms with van der Waals surface area (Å²) in [4.78, 5) is 43.4. The highest BCUT2D eigenvalue weighted by Crippen LogP contribution is 2.17. The van der Waals surface area contributed by atoms with Crippen LogP contribution in [0.3, 0.4) is 0 Å². The molecule has 1 fully saturated rings. The molecule has 4 rings (SSSR count). The van der Waals surface area contributed by atoms with Crippen LogP contribution < -0.4 is 5.56 Å². The zero-order chi connectivity index (χ0) is 18.3. The number of carbonyl (C=O) groups excluding carboxylic acids is 2. The van der Waals surface area contributed by atoms with Crippen molar-refractivity contribution in [3.63, 3.8) is 0 Å². The van der Waals surface area contributed by atoms with Crippen molar-refractivity contribution in [3.05, 3.63) is 39.9 Å². The van der Waals surface area contributed by atoms with Crippen LogP contribution in [-0.4, -0.2) is 45.5 Å². The van der Waals surface area contributed by atoms with Crippen LogP contribution in [0.1, 0.15) is 42.4 Å². The first kappa shape index (κ1) is 16.8. The number of likely N-dealkylation sites (tertiary alicyclic amines) is 1. The molecule has 26 heavy (non-hydrogen) atoms. The van der Waals surface area contributed by atoms with Crippen LogP contribution in [-0.2, 0) is 22.5 Å². The zero-order valence-electron chi connectivity index (χ0n) is 14.7. The van der Waals surface area contributed by atoms with Crippen LogP contribution in [0.4, 0.5) is 0 Å². The highest BCUT2D eigenvalue weighted by molar-refractivity contribution is 5.95. The largest absolute Gasteiger partial charge is 0.449 e. The Hall–Kier alpha value is -2.70. The van der Waals surface area contributed by atoms with Crippen LogP contribution in [0.15, 0.2) is 23.0 Å². The fourth-order valence-corrected chi connectivity index (χ4v) is 3.68. The molecule has 0 aliphatic carbocycles. The van der Waals surface area contributed by atoms with E-state index in [9.17, 15) is 14.4 Å². The minimum Gasteiger partial charge on any atom is -0.449 e. The van der Waals surface area contributed by atoms with Gasteiger partial charge in [0.25, 0.3) is 11.5 Å². The summed E-state index contributed by atoms with van der Waals surface area (Å²) in [6, 6.07) is 4.74. The molecule has 1 aromatic heterocycles. The quantitative estimate of drug-likeness (QED) is 0.780. The van der Waals surface area contributed by atoms with Gasteiger partial charge in [0, 0.05) is 26.1 Å². The molecule has 136 valence electrons. The van der Waals surface area contributed by atoms with E-state index in [1.165, 1.54) is 0 Å². The molecule has 0 N–H and O–H groups in total. The Morgan fingerprint density at radius 1 is 1.15 bits per heavy atom. The monoisotopic (exact) mass is 355 g/mol. The van der Waals surface area contributed by atoms with Gasteiger partial charge in [-0.05, 0) is 44.4 Å². The summed E-state index contributed by atoms with van der Waals surface area (Å²) in [6.07, 6.45) is 2.82. The maximum atomic E-state index is 12.5. The lowest BCUT2D eigenvalue weighted by atomic mass is 10.1. The molecule has 0 unspecified atom stereocenters. The van der Waals surface area contributed by atoms with Gasteiger partial charge in [0.2, 0.25) is 0 Å². The summed E-state index contributed by atoms with van der Waals surface area (Å²) in [5, 5.41) is 0.494. The Labute approximate surface area is 150 Å². The Morgan fingerprint density at radius 2 is 1.92 bits per heavy atom. The van der Waals surface area contributed by atoms with E-state index < -0.39 is 12.1 Å². The van der Waals surface area contributed by atoms with Gasteiger partial charge in [0.1, 0.15) is 5.82 Å². The molecule has 2 aromatic rings. The smallest absolute Gasteiger partial charge is 0.338 e. The summed E-state index contributed by atoms with van der Waals surface area (Å²) in [5.74, 6) is 0.0192. The van der Waals surface area contributed by atoms with Gasteiger partial charge in [-0.1, -0.05) is 0 Å². The van der Waals surface area contributed by atoms with Gasteiger partial charge < -0.3 is 9.64 Å². The molecule has 3 heterocycles. The third-order valence-electron chi connectivity index (χ3n) is 5.10. The van der Waals surface area contributed by atoms with Gasteiger partial charge in [0.05, 0.1) is 16.5 Å². The first-order chi connectivity index (χ1) is 12.5. The summed E-state index contributed by atoms with van der Waals surface area (Å²) in [7, 11) is 0. The number of esters is 1. The van der Waals surface area contributed by atoms with E-state index in [-0.39, 0.29) is 11.5 Å². The number of nitrogens with zero attached hydrogens (tertiary/aromatic N) is 3. The molecule has 1 aromatic carbocycles. The van der Waals surface area contributed by atoms with Gasteiger partial charge in [-0.15, -0.1) is 0 Å². The van der Waals surface area contributed by atoms with E-state index in [2.05, 4.69) is 4.98 Å². The number of hydrogen-bond acceptors (Lipinski definition) is 5. The summed E-state index contributed by atoms with van der Waals surface area (Å²) < 4.78 is 7.03. The van der Waals surface area contributed by atoms with Gasteiger partial charge in [-0.3, -0.25) is 14.2 Å². The Kier molecular flexibility index (Phi) is 4.22. The van der Waals surface area contributed by atoms with Crippen molar-refractivity contribution >= 4 is 22.8 Å². The third kappa shape index (κ3) is 2.87. The van der Waals surface area contributed by atoms with Gasteiger partial charge in [-0.2, -0.15) is 0 Å². The molecule has 1 atom stereocenters. The number of aryl methyl sites for hydroxylation is 1. The highest BCUT2D eigenvalue weighted by Gasteiger charge is 2.26. The van der Waals surface area contributed by atoms with Crippen molar-refractivity contribution in [1.82, 2.24) is 14.5 Å². The van der Waals surface area contributed by atoms with Crippen LogP contribution in [0.25, 0.3) is 10.9 Å². The fraction of sp³-hybridized carbons (Fsp3) is 0.474. The molecule has 7 heteroatoms. The number of ether oxygens (including phenoxy) is 1. The first-order valence-electron chi connectivity index (χ1n) is 9.08. The molecule has 0 spiro atoms. The van der Waals surface area contributed by atoms with Crippen molar-refractivity contribution in [2.24, 2.45) is 0 Å². The Bertz CT molecular complexity index is 944. The fourth-order valence-electron chi connectivity index (χ4n) is 3.68. The van der Waals surface area contributed by atoms with Crippen molar-refractivity contribution < 1.29 is 14.3 Å². The van der Waals surface area contributed by atoms with E-state index in [0.717, 1.165) is 44.6 Å². The minimum atomic E-state index is -0.824. The number of rotatable bonds is 3. The molecule has 1 amide bonds. The van der Waals surface area contributed by atoms with E-state index in [1.807, 2.05) is 0 Å². The summed E-state index contributed by atoms with van der Waals surface area (Å²) in [6.45, 7) is 3.72. The molecule has 0 radical (unpaired) electrons. The van der Waals surface area contributed by atoms with Crippen molar-refractivity contribution in [2.45, 2.75) is 45.3 Å². The summed E-state index contributed by atoms with van der Waals surface area (Å²) >= 11 is 0. The average Bonchev–Trinajstić information content (AvgIpc) is 3.32. The standard InChI is InChI=1S/C19H21N3O4/c1-12(17(23)21-8-2-3-9-21)26-19(25)13-6-7-14-15(11-13)20-16-5-4-10-22(16)18(14)24/h6-7,11-12H,2-5,8-10H2,1H3/t12-/m1/s1. The molecule has 0 bridgehead atoms. The van der Waals surface area contributed by atoms with Gasteiger partial charge >= 0.3 is 5.97 Å². The minimum absolute atomic E-state index is 0.0694. The average molecular weight is 355 g/mol. The maximum absolute atomic E-state index is 12.5. The summed E-state index contributed by atoms with van der Waals surface area (Å²) in [5.41, 5.74) is 0.726. The second kappa shape index (κ2) is 6.55. The lowest BCUT2D eigenvalue weighted by molar-refractivity contribution is -0.138. The predicted molar refractivity (Wildman–Crippen MR) is 95.0 cm³/mol. The van der Waals surface area contributed by atoms with Crippen LogP contribution >= 0.6 is 0 Å². The second-order valence-corrected chi connectivity index (χ2v) is 6.90. The number of amides is 1. The van der Waals surface area contributed by atoms with E-state index >= 15 is 0 Å². The first-order valence-corrected chi connectivity index (χ1v) is 9.08. The zero-order valence-corrected chi connectivity index (χ0v) is 14.7. The SMILES string of the molecule is C[C@@H](OC(=O)c1ccc2c(=O)n3c(nc2c1)CCC3)C(=O)N1CCCC1. The molecule has 2 aliphatic rings. The maximum Gasteiger partial charge on any atom is 0.338 e. The van der Waals surface area contributed by atoms with E-state index in [0.29, 0.717) is 23.0 Å². The Morgan fingerprint density at radius 3 is 2.69 bits per heavy atom. The normalized spacial score (nSPS) is 17.3. The molecular formula is C19H21N3O4. The number of hydrogen-bond donors (Lipinski definition) is 0. The third-order valence-corrected chi connectivity index (χ3v) is 5.10. The van der Waals surface area contributed by atoms with Crippen molar-refractivity contribution in [3.8, 4) is 0 Å². The number of carbonyl (C=O) groups is 2. The highest BCUT2D eigenvalue weighted by atomic mass is 16.5. The second-order valence-electron chi connectivity index (χ2n) is 6.90. The molecule has 2 aliphatic heterocycles. The van der Waals surface area contributed by atoms with Crippen LogP contribution in [0.2, 0.25) is 0 Å². The molecule has 0 saturated carbocycles.